The van der Waals surface area contributed by atoms with Crippen molar-refractivity contribution in [2.75, 3.05) is 19.8 Å². The molecule has 1 amide bonds. The van der Waals surface area contributed by atoms with Gasteiger partial charge >= 0.3 is 0 Å². The number of halogens is 1. The van der Waals surface area contributed by atoms with Gasteiger partial charge in [-0.3, -0.25) is 14.0 Å². The minimum atomic E-state index is -0.363. The fourth-order valence-corrected chi connectivity index (χ4v) is 5.67. The lowest BCUT2D eigenvalue weighted by Gasteiger charge is -2.37. The number of rotatable bonds is 1. The highest BCUT2D eigenvalue weighted by molar-refractivity contribution is 7.08. The molecule has 3 aliphatic rings. The predicted molar refractivity (Wildman–Crippen MR) is 84.6 cm³/mol. The van der Waals surface area contributed by atoms with Gasteiger partial charge in [0.15, 0.2) is 0 Å². The number of H-pyrrole nitrogens is 1. The van der Waals surface area contributed by atoms with Crippen LogP contribution in [-0.4, -0.2) is 41.0 Å². The van der Waals surface area contributed by atoms with Crippen LogP contribution in [0.2, 0.25) is 5.02 Å². The number of carbonyl (C=O) groups excluding carboxylic acids is 1. The van der Waals surface area contributed by atoms with E-state index >= 15 is 0 Å². The molecule has 1 aromatic heterocycles. The second-order valence-electron chi connectivity index (χ2n) is 6.69. The van der Waals surface area contributed by atoms with Crippen molar-refractivity contribution < 1.29 is 9.53 Å². The number of hydrogen-bond acceptors (Lipinski definition) is 4. The van der Waals surface area contributed by atoms with Crippen molar-refractivity contribution in [2.24, 2.45) is 11.3 Å². The number of aromatic nitrogens is 1. The summed E-state index contributed by atoms with van der Waals surface area (Å²) in [6, 6.07) is 0.305. The van der Waals surface area contributed by atoms with Crippen molar-refractivity contribution in [3.8, 4) is 0 Å². The van der Waals surface area contributed by atoms with E-state index in [1.165, 1.54) is 12.8 Å². The number of fused-ring (bicyclic) bond motifs is 2. The molecular weight excluding hydrogens is 324 g/mol. The molecule has 1 saturated carbocycles. The lowest BCUT2D eigenvalue weighted by atomic mass is 9.71. The topological polar surface area (TPSA) is 62.4 Å². The van der Waals surface area contributed by atoms with E-state index in [1.54, 1.807) is 0 Å². The summed E-state index contributed by atoms with van der Waals surface area (Å²) in [6.07, 6.45) is 5.52. The second kappa shape index (κ2) is 5.35. The van der Waals surface area contributed by atoms with Gasteiger partial charge in [0.25, 0.3) is 11.5 Å². The predicted octanol–water partition coefficient (Wildman–Crippen LogP) is 2.51. The maximum Gasteiger partial charge on any atom is 0.277 e. The number of aromatic amines is 1. The van der Waals surface area contributed by atoms with E-state index in [0.29, 0.717) is 16.8 Å². The molecule has 1 N–H and O–H groups in total. The zero-order valence-corrected chi connectivity index (χ0v) is 13.8. The zero-order chi connectivity index (χ0) is 15.3. The van der Waals surface area contributed by atoms with Gasteiger partial charge in [-0.2, -0.15) is 0 Å². The maximum absolute atomic E-state index is 12.9. The van der Waals surface area contributed by atoms with E-state index in [1.807, 2.05) is 4.90 Å². The molecule has 4 rings (SSSR count). The standard InChI is InChI=1S/C15H19ClN2O3S/c16-11-12(22-17-13(11)19)14(20)18-8-15(4-6-21-7-5-15)9-2-1-3-10(9)18/h9-10H,1-8H2,(H,17,19)/t9-,10+/m1/s1. The van der Waals surface area contributed by atoms with Crippen molar-refractivity contribution in [3.05, 3.63) is 20.3 Å². The summed E-state index contributed by atoms with van der Waals surface area (Å²) in [4.78, 5) is 26.8. The van der Waals surface area contributed by atoms with Crippen LogP contribution in [0.4, 0.5) is 0 Å². The third-order valence-corrected chi connectivity index (χ3v) is 7.08. The summed E-state index contributed by atoms with van der Waals surface area (Å²) in [5, 5.41) is 0.0393. The fourth-order valence-electron chi connectivity index (χ4n) is 4.69. The highest BCUT2D eigenvalue weighted by Crippen LogP contribution is 2.54. The molecule has 2 saturated heterocycles. The Kier molecular flexibility index (Phi) is 3.58. The highest BCUT2D eigenvalue weighted by Gasteiger charge is 2.55. The average molecular weight is 343 g/mol. The van der Waals surface area contributed by atoms with Gasteiger partial charge in [-0.25, -0.2) is 0 Å². The molecule has 3 fully saturated rings. The Morgan fingerprint density at radius 3 is 2.82 bits per heavy atom. The first-order valence-corrected chi connectivity index (χ1v) is 9.07. The molecule has 2 aliphatic heterocycles. The van der Waals surface area contributed by atoms with Gasteiger partial charge in [-0.1, -0.05) is 29.6 Å². The number of hydrogen-bond donors (Lipinski definition) is 1. The highest BCUT2D eigenvalue weighted by atomic mass is 35.5. The Morgan fingerprint density at radius 2 is 2.14 bits per heavy atom. The average Bonchev–Trinajstić information content (AvgIpc) is 3.19. The first-order valence-electron chi connectivity index (χ1n) is 7.88. The lowest BCUT2D eigenvalue weighted by Crippen LogP contribution is -2.38. The lowest BCUT2D eigenvalue weighted by molar-refractivity contribution is -0.000987. The third kappa shape index (κ3) is 2.07. The minimum absolute atomic E-state index is 0.0393. The molecular formula is C15H19ClN2O3S. The van der Waals surface area contributed by atoms with Crippen LogP contribution < -0.4 is 5.56 Å². The van der Waals surface area contributed by atoms with Crippen LogP contribution in [0.5, 0.6) is 0 Å². The molecule has 5 nitrogen and oxygen atoms in total. The van der Waals surface area contributed by atoms with E-state index in [0.717, 1.165) is 50.6 Å². The van der Waals surface area contributed by atoms with Crippen molar-refractivity contribution >= 4 is 29.0 Å². The second-order valence-corrected chi connectivity index (χ2v) is 7.88. The maximum atomic E-state index is 12.9. The SMILES string of the molecule is O=C(c1s[nH]c(=O)c1Cl)N1CC2(CCOCC2)[C@@H]2CCC[C@@H]21. The number of nitrogens with zero attached hydrogens (tertiary/aromatic N) is 1. The summed E-state index contributed by atoms with van der Waals surface area (Å²) in [5.41, 5.74) is -0.152. The fraction of sp³-hybridized carbons (Fsp3) is 0.733. The number of amides is 1. The summed E-state index contributed by atoms with van der Waals surface area (Å²) in [7, 11) is 0. The molecule has 1 aliphatic carbocycles. The third-order valence-electron chi connectivity index (χ3n) is 5.74. The van der Waals surface area contributed by atoms with Gasteiger partial charge in [0.2, 0.25) is 0 Å². The van der Waals surface area contributed by atoms with Gasteiger partial charge in [-0.15, -0.1) is 0 Å². The molecule has 0 bridgehead atoms. The first-order chi connectivity index (χ1) is 10.6. The van der Waals surface area contributed by atoms with Crippen molar-refractivity contribution in [1.82, 2.24) is 9.27 Å². The molecule has 2 atom stereocenters. The monoisotopic (exact) mass is 342 g/mol. The summed E-state index contributed by atoms with van der Waals surface area (Å²) >= 11 is 7.06. The van der Waals surface area contributed by atoms with Crippen LogP contribution >= 0.6 is 23.1 Å². The molecule has 0 radical (unpaired) electrons. The molecule has 1 spiro atoms. The van der Waals surface area contributed by atoms with E-state index in [9.17, 15) is 9.59 Å². The van der Waals surface area contributed by atoms with E-state index < -0.39 is 0 Å². The number of likely N-dealkylation sites (tertiary alicyclic amines) is 1. The Hall–Kier alpha value is -0.850. The van der Waals surface area contributed by atoms with Gasteiger partial charge < -0.3 is 9.64 Å². The molecule has 7 heteroatoms. The van der Waals surface area contributed by atoms with E-state index in [2.05, 4.69) is 4.37 Å². The number of ether oxygens (including phenoxy) is 1. The molecule has 3 heterocycles. The van der Waals surface area contributed by atoms with E-state index in [-0.39, 0.29) is 21.9 Å². The summed E-state index contributed by atoms with van der Waals surface area (Å²) in [6.45, 7) is 2.37. The van der Waals surface area contributed by atoms with Crippen molar-refractivity contribution in [1.29, 1.82) is 0 Å². The molecule has 0 unspecified atom stereocenters. The van der Waals surface area contributed by atoms with Crippen LogP contribution in [0.3, 0.4) is 0 Å². The minimum Gasteiger partial charge on any atom is -0.381 e. The van der Waals surface area contributed by atoms with Gasteiger partial charge in [0.05, 0.1) is 0 Å². The van der Waals surface area contributed by atoms with Crippen molar-refractivity contribution in [3.63, 3.8) is 0 Å². The van der Waals surface area contributed by atoms with Gasteiger partial charge in [0.1, 0.15) is 9.90 Å². The Labute approximate surface area is 137 Å². The smallest absolute Gasteiger partial charge is 0.277 e. The van der Waals surface area contributed by atoms with Crippen LogP contribution in [0.25, 0.3) is 0 Å². The largest absolute Gasteiger partial charge is 0.381 e. The van der Waals surface area contributed by atoms with E-state index in [4.69, 9.17) is 16.3 Å². The Balaban J connectivity index is 1.66. The summed E-state index contributed by atoms with van der Waals surface area (Å²) < 4.78 is 8.10. The first kappa shape index (κ1) is 14.7. The normalized spacial score (nSPS) is 30.0. The Bertz CT molecular complexity index is 649. The number of nitrogens with one attached hydrogen (secondary N) is 1. The molecule has 1 aromatic rings. The molecule has 0 aromatic carbocycles. The molecule has 22 heavy (non-hydrogen) atoms. The van der Waals surface area contributed by atoms with Crippen LogP contribution in [0.1, 0.15) is 41.8 Å². The zero-order valence-electron chi connectivity index (χ0n) is 12.3. The van der Waals surface area contributed by atoms with Crippen LogP contribution in [0.15, 0.2) is 4.79 Å². The van der Waals surface area contributed by atoms with Crippen LogP contribution in [-0.2, 0) is 4.74 Å². The molecule has 120 valence electrons. The van der Waals surface area contributed by atoms with Gasteiger partial charge in [-0.05, 0) is 37.0 Å². The van der Waals surface area contributed by atoms with Crippen LogP contribution in [0, 0.1) is 11.3 Å². The number of carbonyl (C=O) groups is 1. The summed E-state index contributed by atoms with van der Waals surface area (Å²) in [5.74, 6) is 0.503. The van der Waals surface area contributed by atoms with Crippen molar-refractivity contribution in [2.45, 2.75) is 38.1 Å². The van der Waals surface area contributed by atoms with Gasteiger partial charge in [0, 0.05) is 25.8 Å². The quantitative estimate of drug-likeness (QED) is 0.853. The Morgan fingerprint density at radius 1 is 1.36 bits per heavy atom.